The number of amides is 1. The number of nitrogens with one attached hydrogen (secondary N) is 3. The van der Waals surface area contributed by atoms with E-state index in [4.69, 9.17) is 4.99 Å². The zero-order valence-electron chi connectivity index (χ0n) is 17.7. The highest BCUT2D eigenvalue weighted by Gasteiger charge is 2.32. The quantitative estimate of drug-likeness (QED) is 0.503. The molecule has 1 unspecified atom stereocenters. The number of nitrogens with zero attached hydrogens (tertiary/aromatic N) is 2. The lowest BCUT2D eigenvalue weighted by molar-refractivity contribution is -0.134. The highest BCUT2D eigenvalue weighted by atomic mass is 19.1. The molecule has 2 fully saturated rings. The number of hydrogen-bond donors (Lipinski definition) is 3. The summed E-state index contributed by atoms with van der Waals surface area (Å²) in [5, 5.41) is 7.72. The predicted octanol–water partition coefficient (Wildman–Crippen LogP) is 3.20. The molecule has 2 aromatic rings. The number of carbonyl (C=O) groups excluding carboxylic acids is 1. The molecule has 162 valence electrons. The van der Waals surface area contributed by atoms with E-state index in [0.29, 0.717) is 12.5 Å². The number of likely N-dealkylation sites (tertiary alicyclic amines) is 1. The lowest BCUT2D eigenvalue weighted by atomic mass is 10.1. The highest BCUT2D eigenvalue weighted by molar-refractivity contribution is 5.83. The largest absolute Gasteiger partial charge is 0.361 e. The molecule has 0 radical (unpaired) electrons. The second-order valence-electron chi connectivity index (χ2n) is 8.41. The first-order valence-electron chi connectivity index (χ1n) is 11.2. The molecular formula is C23H32FN5O. The van der Waals surface area contributed by atoms with Crippen LogP contribution in [0, 0.1) is 11.7 Å². The van der Waals surface area contributed by atoms with Crippen LogP contribution in [0.3, 0.4) is 0 Å². The number of aromatic nitrogens is 1. The summed E-state index contributed by atoms with van der Waals surface area (Å²) in [6.45, 7) is 5.01. The van der Waals surface area contributed by atoms with Crippen LogP contribution in [0.5, 0.6) is 0 Å². The number of aromatic amines is 1. The Morgan fingerprint density at radius 1 is 1.30 bits per heavy atom. The van der Waals surface area contributed by atoms with Crippen LogP contribution < -0.4 is 10.6 Å². The van der Waals surface area contributed by atoms with Gasteiger partial charge in [-0.15, -0.1) is 0 Å². The second-order valence-corrected chi connectivity index (χ2v) is 8.41. The number of aliphatic imine (C=N–C) groups is 1. The van der Waals surface area contributed by atoms with Gasteiger partial charge >= 0.3 is 0 Å². The van der Waals surface area contributed by atoms with Crippen molar-refractivity contribution >= 4 is 22.8 Å². The number of halogens is 1. The van der Waals surface area contributed by atoms with Gasteiger partial charge in [0.1, 0.15) is 5.82 Å². The van der Waals surface area contributed by atoms with Crippen LogP contribution in [0.4, 0.5) is 4.39 Å². The Morgan fingerprint density at radius 3 is 2.93 bits per heavy atom. The maximum Gasteiger partial charge on any atom is 0.225 e. The van der Waals surface area contributed by atoms with Crippen molar-refractivity contribution in [2.75, 3.05) is 26.2 Å². The number of H-pyrrole nitrogens is 1. The Labute approximate surface area is 177 Å². The molecule has 4 rings (SSSR count). The van der Waals surface area contributed by atoms with E-state index in [1.165, 1.54) is 18.9 Å². The second kappa shape index (κ2) is 9.49. The molecule has 1 amide bonds. The molecule has 1 aromatic heterocycles. The van der Waals surface area contributed by atoms with Gasteiger partial charge in [-0.05, 0) is 56.4 Å². The molecule has 1 aliphatic carbocycles. The predicted molar refractivity (Wildman–Crippen MR) is 118 cm³/mol. The molecule has 0 spiro atoms. The average Bonchev–Trinajstić information content (AvgIpc) is 3.49. The fourth-order valence-electron chi connectivity index (χ4n) is 4.67. The molecule has 1 aliphatic heterocycles. The van der Waals surface area contributed by atoms with Crippen molar-refractivity contribution < 1.29 is 9.18 Å². The first-order chi connectivity index (χ1) is 14.6. The normalized spacial score (nSPS) is 20.3. The summed E-state index contributed by atoms with van der Waals surface area (Å²) in [5.74, 6) is 1.14. The monoisotopic (exact) mass is 413 g/mol. The number of fused-ring (bicyclic) bond motifs is 1. The minimum Gasteiger partial charge on any atom is -0.361 e. The fourth-order valence-corrected chi connectivity index (χ4v) is 4.67. The Kier molecular flexibility index (Phi) is 6.55. The molecule has 3 N–H and O–H groups in total. The molecule has 1 atom stereocenters. The Hall–Kier alpha value is -2.57. The highest BCUT2D eigenvalue weighted by Crippen LogP contribution is 2.27. The third kappa shape index (κ3) is 4.77. The average molecular weight is 414 g/mol. The Bertz CT molecular complexity index is 902. The number of benzene rings is 1. The summed E-state index contributed by atoms with van der Waals surface area (Å²) in [6.07, 6.45) is 8.09. The zero-order chi connectivity index (χ0) is 20.9. The van der Waals surface area contributed by atoms with Crippen molar-refractivity contribution in [3.05, 3.63) is 35.8 Å². The topological polar surface area (TPSA) is 72.5 Å². The first kappa shape index (κ1) is 20.7. The van der Waals surface area contributed by atoms with Crippen molar-refractivity contribution in [2.45, 2.75) is 51.5 Å². The van der Waals surface area contributed by atoms with Crippen molar-refractivity contribution in [3.63, 3.8) is 0 Å². The minimum atomic E-state index is -0.222. The van der Waals surface area contributed by atoms with Crippen molar-refractivity contribution in [3.8, 4) is 0 Å². The van der Waals surface area contributed by atoms with Gasteiger partial charge in [0.05, 0.1) is 0 Å². The van der Waals surface area contributed by atoms with Crippen LogP contribution >= 0.6 is 0 Å². The summed E-state index contributed by atoms with van der Waals surface area (Å²) in [5.41, 5.74) is 2.01. The molecule has 1 saturated carbocycles. The van der Waals surface area contributed by atoms with Crippen LogP contribution in [-0.2, 0) is 11.2 Å². The van der Waals surface area contributed by atoms with Gasteiger partial charge in [-0.3, -0.25) is 9.79 Å². The van der Waals surface area contributed by atoms with E-state index in [1.54, 1.807) is 12.1 Å². The molecule has 6 nitrogen and oxygen atoms in total. The van der Waals surface area contributed by atoms with Gasteiger partial charge in [-0.25, -0.2) is 4.39 Å². The standard InChI is InChI=1S/C23H32FN5O/c1-2-25-23(26-11-9-17-14-27-21-8-7-18(24)13-20(17)21)28-19-10-12-29(15-19)22(30)16-5-3-4-6-16/h7-8,13-14,16,19,27H,2-6,9-12,15H2,1H3,(H2,25,26,28). The number of guanidine groups is 1. The summed E-state index contributed by atoms with van der Waals surface area (Å²) in [6, 6.07) is 5.04. The molecule has 30 heavy (non-hydrogen) atoms. The maximum atomic E-state index is 13.6. The molecule has 7 heteroatoms. The van der Waals surface area contributed by atoms with Crippen LogP contribution in [0.2, 0.25) is 0 Å². The molecule has 0 bridgehead atoms. The molecule has 2 heterocycles. The van der Waals surface area contributed by atoms with E-state index in [0.717, 1.165) is 67.7 Å². The minimum absolute atomic E-state index is 0.222. The Morgan fingerprint density at radius 2 is 2.13 bits per heavy atom. The smallest absolute Gasteiger partial charge is 0.225 e. The van der Waals surface area contributed by atoms with Gasteiger partial charge in [-0.2, -0.15) is 0 Å². The van der Waals surface area contributed by atoms with Gasteiger partial charge in [0.15, 0.2) is 5.96 Å². The first-order valence-corrected chi connectivity index (χ1v) is 11.2. The van der Waals surface area contributed by atoms with E-state index < -0.39 is 0 Å². The fraction of sp³-hybridized carbons (Fsp3) is 0.565. The number of hydrogen-bond acceptors (Lipinski definition) is 2. The van der Waals surface area contributed by atoms with Gasteiger partial charge in [0, 0.05) is 55.2 Å². The summed E-state index contributed by atoms with van der Waals surface area (Å²) < 4.78 is 13.6. The van der Waals surface area contributed by atoms with Crippen molar-refractivity contribution in [1.82, 2.24) is 20.5 Å². The van der Waals surface area contributed by atoms with E-state index in [1.807, 2.05) is 18.0 Å². The Balaban J connectivity index is 1.32. The molecule has 1 aromatic carbocycles. The van der Waals surface area contributed by atoms with Gasteiger partial charge in [0.2, 0.25) is 5.91 Å². The van der Waals surface area contributed by atoms with Gasteiger partial charge in [0.25, 0.3) is 0 Å². The van der Waals surface area contributed by atoms with Crippen LogP contribution in [0.1, 0.15) is 44.6 Å². The zero-order valence-corrected chi connectivity index (χ0v) is 17.7. The molecule has 2 aliphatic rings. The van der Waals surface area contributed by atoms with E-state index in [9.17, 15) is 9.18 Å². The lowest BCUT2D eigenvalue weighted by Crippen LogP contribution is -2.45. The maximum absolute atomic E-state index is 13.6. The third-order valence-electron chi connectivity index (χ3n) is 6.27. The number of carbonyl (C=O) groups is 1. The van der Waals surface area contributed by atoms with Crippen molar-refractivity contribution in [1.29, 1.82) is 0 Å². The number of rotatable bonds is 6. The van der Waals surface area contributed by atoms with Gasteiger partial charge < -0.3 is 20.5 Å². The summed E-state index contributed by atoms with van der Waals surface area (Å²) in [7, 11) is 0. The van der Waals surface area contributed by atoms with E-state index >= 15 is 0 Å². The summed E-state index contributed by atoms with van der Waals surface area (Å²) in [4.78, 5) is 22.6. The van der Waals surface area contributed by atoms with E-state index in [2.05, 4.69) is 15.6 Å². The molecule has 1 saturated heterocycles. The van der Waals surface area contributed by atoms with Crippen LogP contribution in [0.15, 0.2) is 29.4 Å². The lowest BCUT2D eigenvalue weighted by Gasteiger charge is -2.21. The van der Waals surface area contributed by atoms with E-state index in [-0.39, 0.29) is 17.8 Å². The molecular weight excluding hydrogens is 381 g/mol. The van der Waals surface area contributed by atoms with Crippen LogP contribution in [0.25, 0.3) is 10.9 Å². The van der Waals surface area contributed by atoms with Crippen LogP contribution in [-0.4, -0.2) is 54.0 Å². The van der Waals surface area contributed by atoms with Gasteiger partial charge in [-0.1, -0.05) is 12.8 Å². The summed E-state index contributed by atoms with van der Waals surface area (Å²) >= 11 is 0. The van der Waals surface area contributed by atoms with Crippen molar-refractivity contribution in [2.24, 2.45) is 10.9 Å². The SMILES string of the molecule is CCNC(=NCCc1c[nH]c2ccc(F)cc12)NC1CCN(C(=O)C2CCCC2)C1. The third-order valence-corrected chi connectivity index (χ3v) is 6.27.